The molecule has 3 aromatic carbocycles. The summed E-state index contributed by atoms with van der Waals surface area (Å²) < 4.78 is 18.4. The number of hydrogen-bond donors (Lipinski definition) is 0. The molecule has 3 atom stereocenters. The summed E-state index contributed by atoms with van der Waals surface area (Å²) in [4.78, 5) is 30.3. The molecule has 0 fully saturated rings. The quantitative estimate of drug-likeness (QED) is 0.223. The summed E-state index contributed by atoms with van der Waals surface area (Å²) in [5.41, 5.74) is 3.71. The van der Waals surface area contributed by atoms with Crippen molar-refractivity contribution in [2.45, 2.75) is 76.5 Å². The van der Waals surface area contributed by atoms with Gasteiger partial charge in [0.15, 0.2) is 0 Å². The van der Waals surface area contributed by atoms with Crippen LogP contribution in [-0.2, 0) is 13.9 Å². The maximum Gasteiger partial charge on any atom is 0.414 e. The van der Waals surface area contributed by atoms with Crippen LogP contribution in [0, 0.1) is 0 Å². The largest absolute Gasteiger partial charge is 0.453 e. The highest BCUT2D eigenvalue weighted by molar-refractivity contribution is 6.99. The summed E-state index contributed by atoms with van der Waals surface area (Å²) in [6.45, 7) is 13.8. The van der Waals surface area contributed by atoms with E-state index in [1.807, 2.05) is 49.9 Å². The van der Waals surface area contributed by atoms with Crippen LogP contribution in [0.1, 0.15) is 70.9 Å². The smallest absolute Gasteiger partial charge is 0.414 e. The van der Waals surface area contributed by atoms with Crippen LogP contribution >= 0.6 is 0 Å². The molecule has 0 N–H and O–H groups in total. The lowest BCUT2D eigenvalue weighted by Gasteiger charge is -2.46. The van der Waals surface area contributed by atoms with Crippen LogP contribution in [0.25, 0.3) is 0 Å². The molecule has 8 heteroatoms. The van der Waals surface area contributed by atoms with Gasteiger partial charge in [-0.15, -0.1) is 0 Å². The van der Waals surface area contributed by atoms with Crippen molar-refractivity contribution in [3.8, 4) is 0 Å². The Morgan fingerprint density at radius 2 is 1.48 bits per heavy atom. The zero-order valence-corrected chi connectivity index (χ0v) is 29.1. The number of benzene rings is 3. The Balaban J connectivity index is 1.40. The molecule has 2 heterocycles. The molecule has 3 aromatic rings. The van der Waals surface area contributed by atoms with Crippen molar-refractivity contribution in [3.63, 3.8) is 0 Å². The normalized spacial score (nSPS) is 20.8. The van der Waals surface area contributed by atoms with Crippen molar-refractivity contribution in [2.75, 3.05) is 31.7 Å². The molecule has 0 saturated carbocycles. The topological polar surface area (TPSA) is 68.3 Å². The van der Waals surface area contributed by atoms with E-state index in [0.29, 0.717) is 19.7 Å². The predicted octanol–water partition coefficient (Wildman–Crippen LogP) is 6.97. The highest BCUT2D eigenvalue weighted by atomic mass is 28.4. The summed E-state index contributed by atoms with van der Waals surface area (Å²) in [5.74, 6) is 0.0609. The minimum Gasteiger partial charge on any atom is -0.453 e. The molecule has 2 aliphatic heterocycles. The molecule has 0 aromatic heterocycles. The number of amides is 2. The summed E-state index contributed by atoms with van der Waals surface area (Å²) in [6.07, 6.45) is 2.39. The van der Waals surface area contributed by atoms with Gasteiger partial charge >= 0.3 is 12.2 Å². The maximum atomic E-state index is 13.4. The number of carbonyl (C=O) groups excluding carboxylic acids is 2. The molecule has 7 nitrogen and oxygen atoms in total. The molecular formula is C38H46N2O5Si. The molecule has 0 radical (unpaired) electrons. The van der Waals surface area contributed by atoms with Crippen LogP contribution in [0.4, 0.5) is 15.3 Å². The number of methoxy groups -OCH3 is 1. The number of anilines is 1. The Morgan fingerprint density at radius 1 is 0.848 bits per heavy atom. The fraction of sp³-hybridized carbons (Fsp3) is 0.421. The minimum atomic E-state index is -2.79. The molecule has 6 rings (SSSR count). The Hall–Kier alpha value is -3.88. The van der Waals surface area contributed by atoms with E-state index in [1.165, 1.54) is 23.0 Å². The number of nitrogens with zero attached hydrogens (tertiary/aromatic N) is 2. The van der Waals surface area contributed by atoms with Crippen molar-refractivity contribution in [1.82, 2.24) is 4.90 Å². The molecule has 0 spiro atoms. The summed E-state index contributed by atoms with van der Waals surface area (Å²) in [6, 6.07) is 27.3. The van der Waals surface area contributed by atoms with Gasteiger partial charge in [0.2, 0.25) is 0 Å². The first-order chi connectivity index (χ1) is 21.8. The fourth-order valence-corrected chi connectivity index (χ4v) is 12.4. The lowest BCUT2D eigenvalue weighted by atomic mass is 9.72. The lowest BCUT2D eigenvalue weighted by molar-refractivity contribution is 0.0578. The molecule has 46 heavy (non-hydrogen) atoms. The van der Waals surface area contributed by atoms with E-state index in [-0.39, 0.29) is 35.1 Å². The van der Waals surface area contributed by atoms with Gasteiger partial charge in [-0.05, 0) is 65.4 Å². The van der Waals surface area contributed by atoms with E-state index in [2.05, 4.69) is 81.4 Å². The zero-order chi connectivity index (χ0) is 32.9. The van der Waals surface area contributed by atoms with Crippen LogP contribution < -0.4 is 15.3 Å². The van der Waals surface area contributed by atoms with Crippen molar-refractivity contribution in [1.29, 1.82) is 0 Å². The average Bonchev–Trinajstić information content (AvgIpc) is 3.40. The van der Waals surface area contributed by atoms with Crippen LogP contribution in [0.15, 0.2) is 90.5 Å². The van der Waals surface area contributed by atoms with E-state index in [9.17, 15) is 9.59 Å². The van der Waals surface area contributed by atoms with Crippen LogP contribution in [0.2, 0.25) is 5.04 Å². The minimum absolute atomic E-state index is 0.0459. The third-order valence-electron chi connectivity index (χ3n) is 9.62. The van der Waals surface area contributed by atoms with E-state index in [0.717, 1.165) is 23.2 Å². The Morgan fingerprint density at radius 3 is 2.04 bits per heavy atom. The second-order valence-corrected chi connectivity index (χ2v) is 19.1. The van der Waals surface area contributed by atoms with Gasteiger partial charge in [-0.2, -0.15) is 0 Å². The van der Waals surface area contributed by atoms with Crippen LogP contribution in [-0.4, -0.2) is 63.9 Å². The predicted molar refractivity (Wildman–Crippen MR) is 185 cm³/mol. The Bertz CT molecular complexity index is 1590. The van der Waals surface area contributed by atoms with Gasteiger partial charge in [-0.25, -0.2) is 9.59 Å². The van der Waals surface area contributed by atoms with Gasteiger partial charge in [0.1, 0.15) is 5.60 Å². The van der Waals surface area contributed by atoms with E-state index in [1.54, 1.807) is 4.90 Å². The molecule has 1 unspecified atom stereocenters. The number of carbonyl (C=O) groups is 2. The first-order valence-electron chi connectivity index (χ1n) is 16.3. The first kappa shape index (κ1) is 32.1. The zero-order valence-electron chi connectivity index (χ0n) is 28.1. The first-order valence-corrected chi connectivity index (χ1v) is 18.2. The van der Waals surface area contributed by atoms with Gasteiger partial charge < -0.3 is 18.8 Å². The summed E-state index contributed by atoms with van der Waals surface area (Å²) in [5, 5.41) is 2.27. The average molecular weight is 639 g/mol. The standard InChI is InChI=1S/C38H46N2O5Si/c1-37(2,3)45-36(42)40-24-27-22-33-31(30-19-14-20-32(40)34(27)30)21-26(23-39(33)35(41)43-7)25-44-46(38(4,5)6,28-15-10-8-11-16-28)29-17-12-9-13-18-29/h8-21,27,31,33H,22-25H2,1-7H3/t27?,31-,33+/m0/s1. The third kappa shape index (κ3) is 5.66. The van der Waals surface area contributed by atoms with Crippen molar-refractivity contribution < 1.29 is 23.5 Å². The second kappa shape index (κ2) is 12.0. The number of fused-ring (bicyclic) bond motifs is 2. The molecule has 0 saturated heterocycles. The summed E-state index contributed by atoms with van der Waals surface area (Å²) in [7, 11) is -1.34. The van der Waals surface area contributed by atoms with Gasteiger partial charge in [-0.3, -0.25) is 4.90 Å². The molecule has 242 valence electrons. The van der Waals surface area contributed by atoms with Crippen LogP contribution in [0.5, 0.6) is 0 Å². The van der Waals surface area contributed by atoms with Gasteiger partial charge in [0.25, 0.3) is 8.32 Å². The highest BCUT2D eigenvalue weighted by Gasteiger charge is 2.51. The molecule has 1 aliphatic carbocycles. The van der Waals surface area contributed by atoms with Crippen LogP contribution in [0.3, 0.4) is 0 Å². The fourth-order valence-electron chi connectivity index (χ4n) is 7.82. The Kier molecular flexibility index (Phi) is 8.40. The molecule has 2 amide bonds. The second-order valence-electron chi connectivity index (χ2n) is 14.8. The van der Waals surface area contributed by atoms with E-state index < -0.39 is 13.9 Å². The van der Waals surface area contributed by atoms with Gasteiger partial charge in [0.05, 0.1) is 19.4 Å². The molecule has 0 bridgehead atoms. The highest BCUT2D eigenvalue weighted by Crippen LogP contribution is 2.52. The maximum absolute atomic E-state index is 13.4. The van der Waals surface area contributed by atoms with Crippen molar-refractivity contribution >= 4 is 36.6 Å². The number of hydrogen-bond acceptors (Lipinski definition) is 5. The summed E-state index contributed by atoms with van der Waals surface area (Å²) >= 11 is 0. The third-order valence-corrected chi connectivity index (χ3v) is 14.6. The van der Waals surface area contributed by atoms with Crippen molar-refractivity contribution in [3.05, 3.63) is 102 Å². The van der Waals surface area contributed by atoms with Gasteiger partial charge in [-0.1, -0.05) is 99.6 Å². The van der Waals surface area contributed by atoms with E-state index in [4.69, 9.17) is 13.9 Å². The number of rotatable bonds is 5. The molecule has 3 aliphatic rings. The SMILES string of the molecule is COC(=O)N1CC(CO[Si](c2ccccc2)(c2ccccc2)C(C)(C)C)=C[C@H]2c3cccc4c3C(C[C@H]21)CN4C(=O)OC(C)(C)C. The number of ether oxygens (including phenoxy) is 2. The van der Waals surface area contributed by atoms with E-state index >= 15 is 0 Å². The Labute approximate surface area is 274 Å². The van der Waals surface area contributed by atoms with Crippen molar-refractivity contribution in [2.24, 2.45) is 0 Å². The molecular weight excluding hydrogens is 593 g/mol. The lowest BCUT2D eigenvalue weighted by Crippen LogP contribution is -2.66. The monoisotopic (exact) mass is 638 g/mol. The van der Waals surface area contributed by atoms with Gasteiger partial charge in [0, 0.05) is 31.0 Å².